The second-order valence-corrected chi connectivity index (χ2v) is 8.49. The predicted molar refractivity (Wildman–Crippen MR) is 134 cm³/mol. The highest BCUT2D eigenvalue weighted by atomic mass is 35.5. The normalized spacial score (nSPS) is 17.3. The molecule has 1 aliphatic heterocycles. The minimum Gasteiger partial charge on any atom is -0.507 e. The van der Waals surface area contributed by atoms with Crippen LogP contribution >= 0.6 is 11.6 Å². The third-order valence-corrected chi connectivity index (χ3v) is 6.31. The number of aliphatic hydroxyl groups is 1. The van der Waals surface area contributed by atoms with Crippen LogP contribution in [0.2, 0.25) is 5.02 Å². The number of amides is 1. The van der Waals surface area contributed by atoms with Crippen molar-refractivity contribution in [2.45, 2.75) is 26.4 Å². The maximum atomic E-state index is 13.2. The first-order valence-corrected chi connectivity index (χ1v) is 11.6. The Morgan fingerprint density at radius 3 is 2.32 bits per heavy atom. The van der Waals surface area contributed by atoms with Gasteiger partial charge in [0, 0.05) is 48.3 Å². The fourth-order valence-corrected chi connectivity index (χ4v) is 4.51. The van der Waals surface area contributed by atoms with Gasteiger partial charge in [-0.1, -0.05) is 35.9 Å². The van der Waals surface area contributed by atoms with Crippen LogP contribution in [0, 0.1) is 0 Å². The number of ketones is 1. The number of aromatic nitrogens is 1. The maximum Gasteiger partial charge on any atom is 0.295 e. The van der Waals surface area contributed by atoms with Crippen LogP contribution in [0.4, 0.5) is 5.69 Å². The standard InChI is InChI=1S/C27H26ClN3O3/c1-3-30(4-2)22-10-8-19(9-11-22)24-23(25(32)20-6-5-7-21(28)16-20)26(33)27(34)31(24)17-18-12-14-29-15-13-18/h5-16,24,32H,3-4,17H2,1-2H3/b25-23-. The number of nitrogens with zero attached hydrogens (tertiary/aromatic N) is 3. The zero-order valence-corrected chi connectivity index (χ0v) is 19.9. The molecule has 3 aromatic rings. The average molecular weight is 476 g/mol. The van der Waals surface area contributed by atoms with Gasteiger partial charge in [-0.3, -0.25) is 14.6 Å². The molecule has 1 N–H and O–H groups in total. The van der Waals surface area contributed by atoms with Gasteiger partial charge in [0.1, 0.15) is 5.76 Å². The number of rotatable bonds is 7. The Labute approximate surface area is 204 Å². The number of carbonyl (C=O) groups is 2. The van der Waals surface area contributed by atoms with Gasteiger partial charge in [-0.2, -0.15) is 0 Å². The van der Waals surface area contributed by atoms with Gasteiger partial charge in [0.15, 0.2) is 0 Å². The van der Waals surface area contributed by atoms with Crippen molar-refractivity contribution >= 4 is 34.7 Å². The molecule has 0 aliphatic carbocycles. The number of carbonyl (C=O) groups excluding carboxylic acids is 2. The molecule has 1 fully saturated rings. The van der Waals surface area contributed by atoms with Crippen LogP contribution in [0.5, 0.6) is 0 Å². The first-order valence-electron chi connectivity index (χ1n) is 11.2. The molecule has 0 saturated carbocycles. The fraction of sp³-hybridized carbons (Fsp3) is 0.222. The monoisotopic (exact) mass is 475 g/mol. The van der Waals surface area contributed by atoms with Gasteiger partial charge in [-0.05, 0) is 61.4 Å². The van der Waals surface area contributed by atoms with Crippen LogP contribution in [0.3, 0.4) is 0 Å². The van der Waals surface area contributed by atoms with Crippen molar-refractivity contribution in [3.63, 3.8) is 0 Å². The van der Waals surface area contributed by atoms with Gasteiger partial charge in [0.05, 0.1) is 11.6 Å². The van der Waals surface area contributed by atoms with Crippen molar-refractivity contribution in [3.8, 4) is 0 Å². The molecule has 174 valence electrons. The second kappa shape index (κ2) is 10.1. The third-order valence-electron chi connectivity index (χ3n) is 6.08. The highest BCUT2D eigenvalue weighted by Crippen LogP contribution is 2.41. The Balaban J connectivity index is 1.83. The van der Waals surface area contributed by atoms with E-state index < -0.39 is 17.7 Å². The minimum atomic E-state index is -0.738. The lowest BCUT2D eigenvalue weighted by molar-refractivity contribution is -0.140. The van der Waals surface area contributed by atoms with E-state index in [1.807, 2.05) is 24.3 Å². The van der Waals surface area contributed by atoms with Gasteiger partial charge in [-0.25, -0.2) is 0 Å². The lowest BCUT2D eigenvalue weighted by atomic mass is 9.95. The Hall–Kier alpha value is -3.64. The summed E-state index contributed by atoms with van der Waals surface area (Å²) in [5.74, 6) is -1.61. The zero-order chi connectivity index (χ0) is 24.2. The number of pyridine rings is 1. The van der Waals surface area contributed by atoms with Crippen molar-refractivity contribution in [3.05, 3.63) is 100 Å². The van der Waals surface area contributed by atoms with Crippen molar-refractivity contribution < 1.29 is 14.7 Å². The molecule has 0 spiro atoms. The van der Waals surface area contributed by atoms with Crippen molar-refractivity contribution in [2.75, 3.05) is 18.0 Å². The van der Waals surface area contributed by atoms with E-state index in [2.05, 4.69) is 23.7 Å². The largest absolute Gasteiger partial charge is 0.507 e. The summed E-state index contributed by atoms with van der Waals surface area (Å²) in [5, 5.41) is 11.6. The summed E-state index contributed by atoms with van der Waals surface area (Å²) >= 11 is 6.12. The molecule has 2 heterocycles. The van der Waals surface area contributed by atoms with E-state index in [1.54, 1.807) is 48.8 Å². The van der Waals surface area contributed by atoms with Gasteiger partial charge in [0.25, 0.3) is 11.7 Å². The van der Waals surface area contributed by atoms with E-state index in [9.17, 15) is 14.7 Å². The molecule has 1 unspecified atom stereocenters. The SMILES string of the molecule is CCN(CC)c1ccc(C2/C(=C(/O)c3cccc(Cl)c3)C(=O)C(=O)N2Cc2ccncc2)cc1. The Morgan fingerprint density at radius 2 is 1.71 bits per heavy atom. The minimum absolute atomic E-state index is 0.0527. The van der Waals surface area contributed by atoms with Gasteiger partial charge < -0.3 is 14.9 Å². The molecular weight excluding hydrogens is 450 g/mol. The molecular formula is C27H26ClN3O3. The number of aliphatic hydroxyl groups excluding tert-OH is 1. The van der Waals surface area contributed by atoms with E-state index in [0.29, 0.717) is 10.6 Å². The Morgan fingerprint density at radius 1 is 1.03 bits per heavy atom. The molecule has 1 aliphatic rings. The lowest BCUT2D eigenvalue weighted by Gasteiger charge is -2.26. The number of hydrogen-bond acceptors (Lipinski definition) is 5. The molecule has 6 nitrogen and oxygen atoms in total. The predicted octanol–water partition coefficient (Wildman–Crippen LogP) is 5.20. The van der Waals surface area contributed by atoms with Crippen molar-refractivity contribution in [1.82, 2.24) is 9.88 Å². The maximum absolute atomic E-state index is 13.2. The third kappa shape index (κ3) is 4.54. The summed E-state index contributed by atoms with van der Waals surface area (Å²) in [7, 11) is 0. The summed E-state index contributed by atoms with van der Waals surface area (Å²) in [5.41, 5.74) is 3.07. The average Bonchev–Trinajstić information content (AvgIpc) is 3.10. The van der Waals surface area contributed by atoms with E-state index in [-0.39, 0.29) is 17.9 Å². The molecule has 0 radical (unpaired) electrons. The zero-order valence-electron chi connectivity index (χ0n) is 19.1. The van der Waals surface area contributed by atoms with Crippen LogP contribution in [0.15, 0.2) is 78.6 Å². The Bertz CT molecular complexity index is 1220. The smallest absolute Gasteiger partial charge is 0.295 e. The first kappa shape index (κ1) is 23.5. The quantitative estimate of drug-likeness (QED) is 0.289. The number of anilines is 1. The molecule has 7 heteroatoms. The highest BCUT2D eigenvalue weighted by molar-refractivity contribution is 6.46. The molecule has 1 atom stereocenters. The Kier molecular flexibility index (Phi) is 6.98. The van der Waals surface area contributed by atoms with Crippen molar-refractivity contribution in [2.24, 2.45) is 0 Å². The molecule has 1 amide bonds. The molecule has 34 heavy (non-hydrogen) atoms. The van der Waals surface area contributed by atoms with Gasteiger partial charge >= 0.3 is 0 Å². The van der Waals surface area contributed by atoms with E-state index >= 15 is 0 Å². The number of Topliss-reactive ketones (excluding diaryl/α,β-unsaturated/α-hetero) is 1. The fourth-order valence-electron chi connectivity index (χ4n) is 4.32. The first-order chi connectivity index (χ1) is 16.4. The van der Waals surface area contributed by atoms with Crippen molar-refractivity contribution in [1.29, 1.82) is 0 Å². The van der Waals surface area contributed by atoms with E-state index in [4.69, 9.17) is 11.6 Å². The number of halogens is 1. The molecule has 2 aromatic carbocycles. The summed E-state index contributed by atoms with van der Waals surface area (Å²) in [6, 6.07) is 17.3. The molecule has 4 rings (SSSR count). The van der Waals surface area contributed by atoms with Gasteiger partial charge in [-0.15, -0.1) is 0 Å². The van der Waals surface area contributed by atoms with Crippen LogP contribution in [-0.4, -0.2) is 39.8 Å². The summed E-state index contributed by atoms with van der Waals surface area (Å²) in [6.45, 7) is 6.12. The van der Waals surface area contributed by atoms with E-state index in [0.717, 1.165) is 29.9 Å². The highest BCUT2D eigenvalue weighted by Gasteiger charge is 2.46. The lowest BCUT2D eigenvalue weighted by Crippen LogP contribution is -2.29. The number of hydrogen-bond donors (Lipinski definition) is 1. The molecule has 1 aromatic heterocycles. The summed E-state index contributed by atoms with van der Waals surface area (Å²) in [6.07, 6.45) is 3.29. The second-order valence-electron chi connectivity index (χ2n) is 8.06. The number of likely N-dealkylation sites (tertiary alicyclic amines) is 1. The molecule has 0 bridgehead atoms. The van der Waals surface area contributed by atoms with Crippen LogP contribution in [0.25, 0.3) is 5.76 Å². The van der Waals surface area contributed by atoms with E-state index in [1.165, 1.54) is 4.90 Å². The number of benzene rings is 2. The summed E-state index contributed by atoms with van der Waals surface area (Å²) in [4.78, 5) is 34.1. The van der Waals surface area contributed by atoms with Crippen LogP contribution < -0.4 is 4.90 Å². The topological polar surface area (TPSA) is 73.7 Å². The molecule has 1 saturated heterocycles. The van der Waals surface area contributed by atoms with Crippen LogP contribution in [-0.2, 0) is 16.1 Å². The summed E-state index contributed by atoms with van der Waals surface area (Å²) < 4.78 is 0. The van der Waals surface area contributed by atoms with Crippen LogP contribution in [0.1, 0.15) is 36.6 Å². The van der Waals surface area contributed by atoms with Gasteiger partial charge in [0.2, 0.25) is 0 Å².